The van der Waals surface area contributed by atoms with Crippen LogP contribution in [0.5, 0.6) is 0 Å². The number of rotatable bonds is 7. The maximum atomic E-state index is 6.15. The first-order valence-corrected chi connectivity index (χ1v) is 7.89. The highest BCUT2D eigenvalue weighted by molar-refractivity contribution is 7.98. The molecule has 1 aromatic rings. The summed E-state index contributed by atoms with van der Waals surface area (Å²) in [7, 11) is 0. The van der Waals surface area contributed by atoms with Crippen LogP contribution in [0.1, 0.15) is 25.3 Å². The van der Waals surface area contributed by atoms with Gasteiger partial charge in [-0.15, -0.1) is 0 Å². The Labute approximate surface area is 113 Å². The maximum Gasteiger partial charge on any atom is 0.0446 e. The van der Waals surface area contributed by atoms with Gasteiger partial charge in [0.05, 0.1) is 0 Å². The van der Waals surface area contributed by atoms with Crippen molar-refractivity contribution in [3.8, 4) is 0 Å². The molecule has 3 heteroatoms. The number of hydrogen-bond donors (Lipinski definition) is 1. The van der Waals surface area contributed by atoms with E-state index in [0.717, 1.165) is 23.2 Å². The fourth-order valence-corrected chi connectivity index (χ4v) is 3.55. The SMILES string of the molecule is CCNC(CSCc1ccccc1Cl)C1CC1. The summed E-state index contributed by atoms with van der Waals surface area (Å²) in [5.41, 5.74) is 1.25. The zero-order chi connectivity index (χ0) is 12.1. The highest BCUT2D eigenvalue weighted by Crippen LogP contribution is 2.34. The fraction of sp³-hybridized carbons (Fsp3) is 0.571. The summed E-state index contributed by atoms with van der Waals surface area (Å²) in [6, 6.07) is 8.84. The van der Waals surface area contributed by atoms with E-state index in [1.807, 2.05) is 23.9 Å². The molecule has 1 saturated carbocycles. The number of thioether (sulfide) groups is 1. The van der Waals surface area contributed by atoms with Gasteiger partial charge in [-0.25, -0.2) is 0 Å². The van der Waals surface area contributed by atoms with Crippen LogP contribution in [-0.4, -0.2) is 18.3 Å². The van der Waals surface area contributed by atoms with Crippen LogP contribution in [0, 0.1) is 5.92 Å². The van der Waals surface area contributed by atoms with Crippen LogP contribution in [0.25, 0.3) is 0 Å². The molecule has 94 valence electrons. The van der Waals surface area contributed by atoms with Gasteiger partial charge in [-0.05, 0) is 36.9 Å². The molecule has 0 aromatic heterocycles. The Balaban J connectivity index is 1.76. The van der Waals surface area contributed by atoms with Gasteiger partial charge < -0.3 is 5.32 Å². The van der Waals surface area contributed by atoms with E-state index in [2.05, 4.69) is 24.4 Å². The first-order valence-electron chi connectivity index (χ1n) is 6.35. The fourth-order valence-electron chi connectivity index (χ4n) is 2.03. The summed E-state index contributed by atoms with van der Waals surface area (Å²) in [6.45, 7) is 3.27. The molecule has 2 rings (SSSR count). The van der Waals surface area contributed by atoms with E-state index < -0.39 is 0 Å². The minimum absolute atomic E-state index is 0.701. The Morgan fingerprint density at radius 2 is 2.18 bits per heavy atom. The summed E-state index contributed by atoms with van der Waals surface area (Å²) in [5.74, 6) is 3.14. The van der Waals surface area contributed by atoms with Crippen LogP contribution in [-0.2, 0) is 5.75 Å². The van der Waals surface area contributed by atoms with E-state index in [4.69, 9.17) is 11.6 Å². The zero-order valence-electron chi connectivity index (χ0n) is 10.3. The van der Waals surface area contributed by atoms with Crippen molar-refractivity contribution in [3.63, 3.8) is 0 Å². The first-order chi connectivity index (χ1) is 8.31. The van der Waals surface area contributed by atoms with Gasteiger partial charge >= 0.3 is 0 Å². The van der Waals surface area contributed by atoms with Gasteiger partial charge in [-0.1, -0.05) is 36.7 Å². The number of hydrogen-bond acceptors (Lipinski definition) is 2. The number of nitrogens with one attached hydrogen (secondary N) is 1. The van der Waals surface area contributed by atoms with Crippen molar-refractivity contribution in [1.29, 1.82) is 0 Å². The van der Waals surface area contributed by atoms with E-state index in [-0.39, 0.29) is 0 Å². The lowest BCUT2D eigenvalue weighted by Gasteiger charge is -2.16. The maximum absolute atomic E-state index is 6.15. The molecule has 0 heterocycles. The van der Waals surface area contributed by atoms with Crippen LogP contribution in [0.4, 0.5) is 0 Å². The Morgan fingerprint density at radius 1 is 1.41 bits per heavy atom. The number of benzene rings is 1. The average molecular weight is 270 g/mol. The van der Waals surface area contributed by atoms with Crippen LogP contribution in [0.3, 0.4) is 0 Å². The smallest absolute Gasteiger partial charge is 0.0446 e. The van der Waals surface area contributed by atoms with Crippen molar-refractivity contribution < 1.29 is 0 Å². The van der Waals surface area contributed by atoms with Gasteiger partial charge in [0, 0.05) is 22.6 Å². The minimum atomic E-state index is 0.701. The zero-order valence-corrected chi connectivity index (χ0v) is 11.9. The largest absolute Gasteiger partial charge is 0.313 e. The van der Waals surface area contributed by atoms with Crippen molar-refractivity contribution in [1.82, 2.24) is 5.32 Å². The summed E-state index contributed by atoms with van der Waals surface area (Å²) < 4.78 is 0. The molecule has 0 aliphatic heterocycles. The molecule has 17 heavy (non-hydrogen) atoms. The molecule has 1 N–H and O–H groups in total. The summed E-state index contributed by atoms with van der Waals surface area (Å²) in [4.78, 5) is 0. The van der Waals surface area contributed by atoms with E-state index in [1.165, 1.54) is 24.2 Å². The lowest BCUT2D eigenvalue weighted by Crippen LogP contribution is -2.33. The predicted octanol–water partition coefficient (Wildman–Crippen LogP) is 3.96. The molecule has 1 nitrogen and oxygen atoms in total. The third-order valence-corrected chi connectivity index (χ3v) is 4.65. The van der Waals surface area contributed by atoms with Gasteiger partial charge in [0.15, 0.2) is 0 Å². The lowest BCUT2D eigenvalue weighted by molar-refractivity contribution is 0.519. The molecule has 0 spiro atoms. The van der Waals surface area contributed by atoms with Gasteiger partial charge in [0.2, 0.25) is 0 Å². The summed E-state index contributed by atoms with van der Waals surface area (Å²) in [6.07, 6.45) is 2.81. The topological polar surface area (TPSA) is 12.0 Å². The van der Waals surface area contributed by atoms with Crippen molar-refractivity contribution in [2.45, 2.75) is 31.6 Å². The quantitative estimate of drug-likeness (QED) is 0.804. The van der Waals surface area contributed by atoms with E-state index in [9.17, 15) is 0 Å². The standard InChI is InChI=1S/C14H20ClNS/c1-2-16-14(11-7-8-11)10-17-9-12-5-3-4-6-13(12)15/h3-6,11,14,16H,2,7-10H2,1H3. The second-order valence-corrected chi connectivity index (χ2v) is 6.05. The highest BCUT2D eigenvalue weighted by atomic mass is 35.5. The summed E-state index contributed by atoms with van der Waals surface area (Å²) >= 11 is 8.14. The average Bonchev–Trinajstić information content (AvgIpc) is 3.14. The Kier molecular flexibility index (Phi) is 5.20. The van der Waals surface area contributed by atoms with Gasteiger partial charge in [0.25, 0.3) is 0 Å². The molecule has 0 bridgehead atoms. The van der Waals surface area contributed by atoms with Gasteiger partial charge in [-0.2, -0.15) is 11.8 Å². The number of halogens is 1. The Bertz CT molecular complexity index is 352. The molecule has 1 aliphatic rings. The molecular formula is C14H20ClNS. The van der Waals surface area contributed by atoms with E-state index in [1.54, 1.807) is 0 Å². The molecule has 1 aliphatic carbocycles. The Morgan fingerprint density at radius 3 is 2.82 bits per heavy atom. The summed E-state index contributed by atoms with van der Waals surface area (Å²) in [5, 5.41) is 4.49. The second-order valence-electron chi connectivity index (χ2n) is 4.61. The third kappa shape index (κ3) is 4.20. The van der Waals surface area contributed by atoms with Crippen LogP contribution in [0.2, 0.25) is 5.02 Å². The first kappa shape index (κ1) is 13.3. The van der Waals surface area contributed by atoms with E-state index in [0.29, 0.717) is 6.04 Å². The second kappa shape index (κ2) is 6.67. The molecule has 1 atom stereocenters. The molecule has 0 radical (unpaired) electrons. The van der Waals surface area contributed by atoms with Crippen molar-refractivity contribution in [2.75, 3.05) is 12.3 Å². The third-order valence-electron chi connectivity index (χ3n) is 3.17. The molecule has 1 unspecified atom stereocenters. The molecule has 0 amide bonds. The Hall–Kier alpha value is -0.180. The monoisotopic (exact) mass is 269 g/mol. The molecule has 1 fully saturated rings. The van der Waals surface area contributed by atoms with Crippen LogP contribution < -0.4 is 5.32 Å². The van der Waals surface area contributed by atoms with Crippen molar-refractivity contribution in [2.24, 2.45) is 5.92 Å². The highest BCUT2D eigenvalue weighted by Gasteiger charge is 2.30. The molecule has 1 aromatic carbocycles. The van der Waals surface area contributed by atoms with Gasteiger partial charge in [0.1, 0.15) is 0 Å². The molecular weight excluding hydrogens is 250 g/mol. The molecule has 0 saturated heterocycles. The van der Waals surface area contributed by atoms with Crippen LogP contribution in [0.15, 0.2) is 24.3 Å². The van der Waals surface area contributed by atoms with E-state index >= 15 is 0 Å². The van der Waals surface area contributed by atoms with Gasteiger partial charge in [-0.3, -0.25) is 0 Å². The van der Waals surface area contributed by atoms with Crippen molar-refractivity contribution in [3.05, 3.63) is 34.9 Å². The normalized spacial score (nSPS) is 17.1. The lowest BCUT2D eigenvalue weighted by atomic mass is 10.2. The minimum Gasteiger partial charge on any atom is -0.313 e. The predicted molar refractivity (Wildman–Crippen MR) is 77.8 cm³/mol. The van der Waals surface area contributed by atoms with Crippen molar-refractivity contribution >= 4 is 23.4 Å². The van der Waals surface area contributed by atoms with Crippen LogP contribution >= 0.6 is 23.4 Å².